The van der Waals surface area contributed by atoms with Crippen molar-refractivity contribution in [3.63, 3.8) is 0 Å². The molecule has 0 radical (unpaired) electrons. The summed E-state index contributed by atoms with van der Waals surface area (Å²) < 4.78 is 5.32. The van der Waals surface area contributed by atoms with Gasteiger partial charge in [-0.1, -0.05) is 47.6 Å². The maximum absolute atomic E-state index is 6.39. The van der Waals surface area contributed by atoms with Crippen molar-refractivity contribution >= 4 is 23.2 Å². The van der Waals surface area contributed by atoms with Crippen LogP contribution >= 0.6 is 23.2 Å². The van der Waals surface area contributed by atoms with E-state index in [4.69, 9.17) is 33.5 Å². The van der Waals surface area contributed by atoms with Crippen molar-refractivity contribution in [3.05, 3.63) is 34.1 Å². The minimum Gasteiger partial charge on any atom is -0.334 e. The minimum absolute atomic E-state index is 0.403. The summed E-state index contributed by atoms with van der Waals surface area (Å²) in [5.74, 6) is 0.975. The Kier molecular flexibility index (Phi) is 3.71. The number of nitrogens with two attached hydrogens (primary N) is 1. The summed E-state index contributed by atoms with van der Waals surface area (Å²) >= 11 is 12.0. The molecular formula is C14H15Cl2N3O. The maximum Gasteiger partial charge on any atom is 0.258 e. The van der Waals surface area contributed by atoms with Crippen LogP contribution in [-0.4, -0.2) is 10.1 Å². The van der Waals surface area contributed by atoms with Crippen LogP contribution in [0.2, 0.25) is 10.0 Å². The monoisotopic (exact) mass is 311 g/mol. The first-order valence-electron chi connectivity index (χ1n) is 6.66. The quantitative estimate of drug-likeness (QED) is 0.904. The van der Waals surface area contributed by atoms with Crippen LogP contribution in [0.5, 0.6) is 0 Å². The van der Waals surface area contributed by atoms with Gasteiger partial charge in [-0.2, -0.15) is 4.98 Å². The Balaban J connectivity index is 1.93. The molecule has 0 unspecified atom stereocenters. The van der Waals surface area contributed by atoms with E-state index in [-0.39, 0.29) is 0 Å². The molecule has 0 bridgehead atoms. The fraction of sp³-hybridized carbons (Fsp3) is 0.429. The van der Waals surface area contributed by atoms with Gasteiger partial charge in [-0.25, -0.2) is 0 Å². The van der Waals surface area contributed by atoms with E-state index in [0.29, 0.717) is 27.3 Å². The van der Waals surface area contributed by atoms with Gasteiger partial charge in [-0.3, -0.25) is 0 Å². The Morgan fingerprint density at radius 1 is 1.05 bits per heavy atom. The smallest absolute Gasteiger partial charge is 0.258 e. The molecule has 1 aromatic heterocycles. The molecule has 6 heteroatoms. The normalized spacial score (nSPS) is 18.1. The number of rotatable bonds is 2. The highest BCUT2D eigenvalue weighted by molar-refractivity contribution is 6.35. The molecule has 106 valence electrons. The minimum atomic E-state index is -0.470. The third kappa shape index (κ3) is 2.68. The van der Waals surface area contributed by atoms with Crippen LogP contribution < -0.4 is 5.73 Å². The Hall–Kier alpha value is -1.10. The van der Waals surface area contributed by atoms with Gasteiger partial charge in [0, 0.05) is 15.6 Å². The van der Waals surface area contributed by atoms with Crippen LogP contribution in [0.3, 0.4) is 0 Å². The van der Waals surface area contributed by atoms with Crippen molar-refractivity contribution in [1.82, 2.24) is 10.1 Å². The summed E-state index contributed by atoms with van der Waals surface area (Å²) in [7, 11) is 0. The number of hydrogen-bond acceptors (Lipinski definition) is 4. The highest BCUT2D eigenvalue weighted by atomic mass is 35.5. The summed E-state index contributed by atoms with van der Waals surface area (Å²) in [6.45, 7) is 0. The van der Waals surface area contributed by atoms with Gasteiger partial charge in [0.05, 0.1) is 5.54 Å². The molecule has 0 saturated heterocycles. The molecule has 1 aliphatic carbocycles. The summed E-state index contributed by atoms with van der Waals surface area (Å²) in [6.07, 6.45) is 5.20. The molecule has 1 fully saturated rings. The van der Waals surface area contributed by atoms with Crippen molar-refractivity contribution in [2.24, 2.45) is 5.73 Å². The summed E-state index contributed by atoms with van der Waals surface area (Å²) in [5, 5.41) is 5.12. The third-order valence-corrected chi connectivity index (χ3v) is 4.16. The molecule has 4 nitrogen and oxygen atoms in total. The lowest BCUT2D eigenvalue weighted by Gasteiger charge is -2.29. The van der Waals surface area contributed by atoms with Gasteiger partial charge < -0.3 is 10.3 Å². The average Bonchev–Trinajstić information content (AvgIpc) is 2.89. The van der Waals surface area contributed by atoms with E-state index in [2.05, 4.69) is 10.1 Å². The van der Waals surface area contributed by atoms with Crippen molar-refractivity contribution in [1.29, 1.82) is 0 Å². The SMILES string of the molecule is NC1(c2noc(-c3cc(Cl)cc(Cl)c3)n2)CCCCC1. The fourth-order valence-corrected chi connectivity index (χ4v) is 3.15. The second-order valence-corrected chi connectivity index (χ2v) is 6.17. The van der Waals surface area contributed by atoms with Gasteiger partial charge in [-0.05, 0) is 31.0 Å². The Labute approximate surface area is 127 Å². The number of hydrogen-bond donors (Lipinski definition) is 1. The Morgan fingerprint density at radius 2 is 1.70 bits per heavy atom. The zero-order chi connectivity index (χ0) is 14.2. The second kappa shape index (κ2) is 5.35. The van der Waals surface area contributed by atoms with E-state index in [9.17, 15) is 0 Å². The van der Waals surface area contributed by atoms with Crippen LogP contribution in [-0.2, 0) is 5.54 Å². The van der Waals surface area contributed by atoms with Crippen LogP contribution in [0.25, 0.3) is 11.5 Å². The van der Waals surface area contributed by atoms with Crippen molar-refractivity contribution < 1.29 is 4.52 Å². The van der Waals surface area contributed by atoms with Crippen molar-refractivity contribution in [2.75, 3.05) is 0 Å². The molecule has 1 heterocycles. The van der Waals surface area contributed by atoms with Gasteiger partial charge in [0.1, 0.15) is 0 Å². The van der Waals surface area contributed by atoms with Crippen molar-refractivity contribution in [2.45, 2.75) is 37.6 Å². The lowest BCUT2D eigenvalue weighted by atomic mass is 9.82. The van der Waals surface area contributed by atoms with E-state index in [1.807, 2.05) is 0 Å². The molecule has 1 aliphatic rings. The van der Waals surface area contributed by atoms with E-state index in [1.165, 1.54) is 6.42 Å². The highest BCUT2D eigenvalue weighted by Gasteiger charge is 2.34. The molecule has 0 amide bonds. The van der Waals surface area contributed by atoms with Gasteiger partial charge in [0.2, 0.25) is 0 Å². The zero-order valence-corrected chi connectivity index (χ0v) is 12.4. The summed E-state index contributed by atoms with van der Waals surface area (Å²) in [5.41, 5.74) is 6.63. The maximum atomic E-state index is 6.39. The molecule has 3 rings (SSSR count). The number of benzene rings is 1. The average molecular weight is 312 g/mol. The molecule has 0 atom stereocenters. The van der Waals surface area contributed by atoms with E-state index < -0.39 is 5.54 Å². The molecule has 20 heavy (non-hydrogen) atoms. The first-order valence-corrected chi connectivity index (χ1v) is 7.42. The van der Waals surface area contributed by atoms with Crippen molar-refractivity contribution in [3.8, 4) is 11.5 Å². The predicted octanol–water partition coefficient (Wildman–Crippen LogP) is 4.16. The topological polar surface area (TPSA) is 64.9 Å². The van der Waals surface area contributed by atoms with Gasteiger partial charge >= 0.3 is 0 Å². The largest absolute Gasteiger partial charge is 0.334 e. The first kappa shape index (κ1) is 13.9. The zero-order valence-electron chi connectivity index (χ0n) is 10.9. The molecule has 0 aliphatic heterocycles. The number of nitrogens with zero attached hydrogens (tertiary/aromatic N) is 2. The standard InChI is InChI=1S/C14H15Cl2N3O/c15-10-6-9(7-11(16)8-10)12-18-13(19-20-12)14(17)4-2-1-3-5-14/h6-8H,1-5,17H2. The summed E-state index contributed by atoms with van der Waals surface area (Å²) in [4.78, 5) is 4.44. The molecule has 1 aromatic carbocycles. The molecular weight excluding hydrogens is 297 g/mol. The lowest BCUT2D eigenvalue weighted by Crippen LogP contribution is -2.39. The molecule has 0 spiro atoms. The third-order valence-electron chi connectivity index (χ3n) is 3.73. The molecule has 2 aromatic rings. The fourth-order valence-electron chi connectivity index (χ4n) is 2.63. The first-order chi connectivity index (χ1) is 9.57. The second-order valence-electron chi connectivity index (χ2n) is 5.30. The highest BCUT2D eigenvalue weighted by Crippen LogP contribution is 2.34. The predicted molar refractivity (Wildman–Crippen MR) is 78.7 cm³/mol. The van der Waals surface area contributed by atoms with Crippen LogP contribution in [0.15, 0.2) is 22.7 Å². The van der Waals surface area contributed by atoms with E-state index in [0.717, 1.165) is 25.7 Å². The van der Waals surface area contributed by atoms with Gasteiger partial charge in [0.25, 0.3) is 5.89 Å². The van der Waals surface area contributed by atoms with E-state index >= 15 is 0 Å². The lowest BCUT2D eigenvalue weighted by molar-refractivity contribution is 0.275. The summed E-state index contributed by atoms with van der Waals surface area (Å²) in [6, 6.07) is 5.15. The molecule has 2 N–H and O–H groups in total. The Bertz CT molecular complexity index is 600. The Morgan fingerprint density at radius 3 is 2.35 bits per heavy atom. The van der Waals surface area contributed by atoms with E-state index in [1.54, 1.807) is 18.2 Å². The van der Waals surface area contributed by atoms with Crippen LogP contribution in [0.1, 0.15) is 37.9 Å². The molecule has 1 saturated carbocycles. The number of halogens is 2. The number of aromatic nitrogens is 2. The van der Waals surface area contributed by atoms with Gasteiger partial charge in [-0.15, -0.1) is 0 Å². The van der Waals surface area contributed by atoms with Crippen LogP contribution in [0, 0.1) is 0 Å². The van der Waals surface area contributed by atoms with Crippen LogP contribution in [0.4, 0.5) is 0 Å². The van der Waals surface area contributed by atoms with Gasteiger partial charge in [0.15, 0.2) is 5.82 Å².